The number of rotatable bonds is 0. The van der Waals surface area contributed by atoms with Crippen molar-refractivity contribution >= 4 is 18.0 Å². The summed E-state index contributed by atoms with van der Waals surface area (Å²) in [6.45, 7) is -0.250. The molecule has 0 amide bonds. The van der Waals surface area contributed by atoms with E-state index in [1.807, 2.05) is 5.38 Å². The molecule has 0 aliphatic carbocycles. The number of hydrogen-bond donors (Lipinski definition) is 1. The molecule has 1 aromatic heterocycles. The van der Waals surface area contributed by atoms with Crippen LogP contribution in [-0.2, 0) is 4.79 Å². The van der Waals surface area contributed by atoms with Gasteiger partial charge in [-0.05, 0) is 11.5 Å². The summed E-state index contributed by atoms with van der Waals surface area (Å²) in [6.07, 6.45) is 1.66. The van der Waals surface area contributed by atoms with Crippen molar-refractivity contribution in [3.63, 3.8) is 0 Å². The highest BCUT2D eigenvalue weighted by atomic mass is 32.1. The second-order valence-corrected chi connectivity index (χ2v) is 1.34. The first-order valence-electron chi connectivity index (χ1n) is 1.70. The Morgan fingerprint density at radius 2 is 2.38 bits per heavy atom. The second-order valence-electron chi connectivity index (χ2n) is 0.693. The summed E-state index contributed by atoms with van der Waals surface area (Å²) in [5.74, 6) is 0. The molecule has 0 aliphatic rings. The first-order valence-corrected chi connectivity index (χ1v) is 2.54. The van der Waals surface area contributed by atoms with E-state index in [0.29, 0.717) is 0 Å². The molecule has 1 heterocycles. The van der Waals surface area contributed by atoms with Gasteiger partial charge in [-0.3, -0.25) is 4.79 Å². The summed E-state index contributed by atoms with van der Waals surface area (Å²) in [7, 11) is 0. The Morgan fingerprint density at radius 3 is 2.50 bits per heavy atom. The van der Waals surface area contributed by atoms with Gasteiger partial charge >= 0.3 is 0 Å². The van der Waals surface area contributed by atoms with Crippen LogP contribution in [0.4, 0.5) is 0 Å². The summed E-state index contributed by atoms with van der Waals surface area (Å²) in [5.41, 5.74) is 0. The van der Waals surface area contributed by atoms with Crippen LogP contribution >= 0.6 is 11.5 Å². The third-order valence-corrected chi connectivity index (χ3v) is 0.715. The third-order valence-electron chi connectivity index (χ3n) is 0.283. The van der Waals surface area contributed by atoms with Crippen molar-refractivity contribution in [2.24, 2.45) is 0 Å². The van der Waals surface area contributed by atoms with Gasteiger partial charge in [0.25, 0.3) is 6.47 Å². The highest BCUT2D eigenvalue weighted by Crippen LogP contribution is 1.78. The zero-order valence-corrected chi connectivity index (χ0v) is 4.71. The van der Waals surface area contributed by atoms with Crippen LogP contribution in [0.1, 0.15) is 0 Å². The van der Waals surface area contributed by atoms with E-state index in [4.69, 9.17) is 9.90 Å². The zero-order chi connectivity index (χ0) is 6.24. The van der Waals surface area contributed by atoms with Gasteiger partial charge in [0.2, 0.25) is 0 Å². The van der Waals surface area contributed by atoms with Crippen molar-refractivity contribution in [2.45, 2.75) is 0 Å². The Balaban J connectivity index is 0.000000145. The summed E-state index contributed by atoms with van der Waals surface area (Å²) < 4.78 is 3.51. The molecule has 5 heteroatoms. The topological polar surface area (TPSA) is 63.1 Å². The number of carbonyl (C=O) groups is 1. The highest BCUT2D eigenvalue weighted by molar-refractivity contribution is 7.03. The fraction of sp³-hybridized carbons (Fsp3) is 0. The van der Waals surface area contributed by atoms with Crippen molar-refractivity contribution in [3.05, 3.63) is 11.6 Å². The van der Waals surface area contributed by atoms with Gasteiger partial charge in [-0.1, -0.05) is 4.49 Å². The monoisotopic (exact) mass is 132 g/mol. The van der Waals surface area contributed by atoms with Crippen LogP contribution in [-0.4, -0.2) is 21.2 Å². The molecule has 0 spiro atoms. The Kier molecular flexibility index (Phi) is 5.30. The lowest BCUT2D eigenvalue weighted by Crippen LogP contribution is -1.51. The molecule has 1 aromatic rings. The summed E-state index contributed by atoms with van der Waals surface area (Å²) in [6, 6.07) is 0. The molecule has 1 N–H and O–H groups in total. The third kappa shape index (κ3) is 5.03. The maximum absolute atomic E-state index is 8.36. The molecule has 0 saturated heterocycles. The van der Waals surface area contributed by atoms with E-state index < -0.39 is 0 Å². The zero-order valence-electron chi connectivity index (χ0n) is 3.89. The van der Waals surface area contributed by atoms with Gasteiger partial charge in [-0.25, -0.2) is 0 Å². The van der Waals surface area contributed by atoms with Crippen LogP contribution in [0.2, 0.25) is 0 Å². The van der Waals surface area contributed by atoms with Gasteiger partial charge in [0.15, 0.2) is 0 Å². The molecule has 0 saturated carbocycles. The van der Waals surface area contributed by atoms with Gasteiger partial charge in [-0.15, -0.1) is 5.10 Å². The number of hydrogen-bond acceptors (Lipinski definition) is 4. The lowest BCUT2D eigenvalue weighted by atomic mass is 11.1. The van der Waals surface area contributed by atoms with Crippen LogP contribution < -0.4 is 0 Å². The van der Waals surface area contributed by atoms with Crippen molar-refractivity contribution < 1.29 is 9.90 Å². The number of nitrogens with zero attached hydrogens (tertiary/aromatic N) is 2. The second kappa shape index (κ2) is 6.03. The van der Waals surface area contributed by atoms with Crippen LogP contribution in [0.3, 0.4) is 0 Å². The fourth-order valence-corrected chi connectivity index (χ4v) is 0.408. The maximum atomic E-state index is 8.36. The van der Waals surface area contributed by atoms with Crippen LogP contribution in [0, 0.1) is 0 Å². The summed E-state index contributed by atoms with van der Waals surface area (Å²) in [4.78, 5) is 8.36. The molecule has 1 rings (SSSR count). The van der Waals surface area contributed by atoms with E-state index in [9.17, 15) is 0 Å². The van der Waals surface area contributed by atoms with E-state index in [2.05, 4.69) is 9.59 Å². The van der Waals surface area contributed by atoms with Gasteiger partial charge in [0.05, 0.1) is 6.20 Å². The minimum absolute atomic E-state index is 0.250. The molecule has 0 radical (unpaired) electrons. The van der Waals surface area contributed by atoms with E-state index in [-0.39, 0.29) is 6.47 Å². The first-order chi connectivity index (χ1) is 3.91. The Hall–Kier alpha value is -0.970. The molecule has 0 aromatic carbocycles. The standard InChI is InChI=1S/C2H2N2S.CH2O2/c1-2-5-4-3-1;2-1-3/h1-2H;1H,(H,2,3). The quantitative estimate of drug-likeness (QED) is 0.513. The average molecular weight is 132 g/mol. The molecule has 0 bridgehead atoms. The Morgan fingerprint density at radius 1 is 1.75 bits per heavy atom. The highest BCUT2D eigenvalue weighted by Gasteiger charge is 1.61. The summed E-state index contributed by atoms with van der Waals surface area (Å²) >= 11 is 1.35. The Bertz CT molecular complexity index is 102. The first kappa shape index (κ1) is 7.03. The van der Waals surface area contributed by atoms with Gasteiger partial charge < -0.3 is 5.11 Å². The van der Waals surface area contributed by atoms with Gasteiger partial charge in [-0.2, -0.15) is 0 Å². The molecule has 0 aliphatic heterocycles. The molecule has 4 nitrogen and oxygen atoms in total. The minimum atomic E-state index is -0.250. The maximum Gasteiger partial charge on any atom is 0.290 e. The van der Waals surface area contributed by atoms with Gasteiger partial charge in [0, 0.05) is 5.38 Å². The predicted octanol–water partition coefficient (Wildman–Crippen LogP) is 0.239. The van der Waals surface area contributed by atoms with E-state index in [1.54, 1.807) is 6.20 Å². The van der Waals surface area contributed by atoms with Crippen LogP contribution in [0.25, 0.3) is 0 Å². The predicted molar refractivity (Wildman–Crippen MR) is 28.6 cm³/mol. The largest absolute Gasteiger partial charge is 0.483 e. The lowest BCUT2D eigenvalue weighted by molar-refractivity contribution is -0.122. The normalized spacial score (nSPS) is 6.50. The SMILES string of the molecule is O=CO.c1csnn1. The van der Waals surface area contributed by atoms with Crippen molar-refractivity contribution in [1.29, 1.82) is 0 Å². The van der Waals surface area contributed by atoms with Crippen molar-refractivity contribution in [2.75, 3.05) is 0 Å². The van der Waals surface area contributed by atoms with E-state index >= 15 is 0 Å². The molecule has 44 valence electrons. The molecule has 8 heavy (non-hydrogen) atoms. The molecule has 0 atom stereocenters. The van der Waals surface area contributed by atoms with Crippen LogP contribution in [0.15, 0.2) is 11.6 Å². The van der Waals surface area contributed by atoms with E-state index in [1.165, 1.54) is 11.5 Å². The van der Waals surface area contributed by atoms with Crippen LogP contribution in [0.5, 0.6) is 0 Å². The molecular formula is C3H4N2O2S. The van der Waals surface area contributed by atoms with E-state index in [0.717, 1.165) is 0 Å². The van der Waals surface area contributed by atoms with Crippen molar-refractivity contribution in [3.8, 4) is 0 Å². The fourth-order valence-electron chi connectivity index (χ4n) is 0.136. The van der Waals surface area contributed by atoms with Crippen molar-refractivity contribution in [1.82, 2.24) is 9.59 Å². The number of aromatic nitrogens is 2. The lowest BCUT2D eigenvalue weighted by Gasteiger charge is -1.40. The molecule has 0 fully saturated rings. The number of carboxylic acid groups (broad SMARTS) is 1. The smallest absolute Gasteiger partial charge is 0.290 e. The minimum Gasteiger partial charge on any atom is -0.483 e. The molecular weight excluding hydrogens is 128 g/mol. The van der Waals surface area contributed by atoms with Gasteiger partial charge in [0.1, 0.15) is 0 Å². The Labute approximate surface area is 49.9 Å². The molecule has 0 unspecified atom stereocenters. The average Bonchev–Trinajstić information content (AvgIpc) is 2.17. The summed E-state index contributed by atoms with van der Waals surface area (Å²) in [5, 5.41) is 12.2.